The van der Waals surface area contributed by atoms with Gasteiger partial charge in [0.25, 0.3) is 0 Å². The lowest BCUT2D eigenvalue weighted by Gasteiger charge is -2.09. The Morgan fingerprint density at radius 1 is 1.00 bits per heavy atom. The van der Waals surface area contributed by atoms with E-state index < -0.39 is 0 Å². The van der Waals surface area contributed by atoms with Gasteiger partial charge in [0.1, 0.15) is 11.4 Å². The molecule has 0 aliphatic rings. The molecule has 106 valence electrons. The van der Waals surface area contributed by atoms with E-state index in [1.54, 1.807) is 4.68 Å². The Labute approximate surface area is 123 Å². The molecule has 2 aromatic carbocycles. The van der Waals surface area contributed by atoms with Crippen LogP contribution in [0, 0.1) is 13.8 Å². The second-order valence-electron chi connectivity index (χ2n) is 5.16. The SMILES string of the molecule is Cc1ccc(-c2c(CO)nnn2-c2cccc(C)c2)cc1. The minimum atomic E-state index is -0.130. The van der Waals surface area contributed by atoms with Crippen LogP contribution < -0.4 is 0 Å². The molecule has 4 nitrogen and oxygen atoms in total. The highest BCUT2D eigenvalue weighted by Crippen LogP contribution is 2.26. The van der Waals surface area contributed by atoms with Crippen molar-refractivity contribution in [3.8, 4) is 16.9 Å². The van der Waals surface area contributed by atoms with Crippen LogP contribution in [0.2, 0.25) is 0 Å². The summed E-state index contributed by atoms with van der Waals surface area (Å²) in [5, 5.41) is 17.8. The van der Waals surface area contributed by atoms with E-state index in [4.69, 9.17) is 0 Å². The monoisotopic (exact) mass is 279 g/mol. The lowest BCUT2D eigenvalue weighted by Crippen LogP contribution is -2.00. The van der Waals surface area contributed by atoms with Crippen molar-refractivity contribution < 1.29 is 5.11 Å². The average molecular weight is 279 g/mol. The Hall–Kier alpha value is -2.46. The molecule has 0 unspecified atom stereocenters. The molecule has 4 heteroatoms. The molecule has 3 rings (SSSR count). The number of benzene rings is 2. The third-order valence-corrected chi connectivity index (χ3v) is 3.46. The maximum Gasteiger partial charge on any atom is 0.117 e. The van der Waals surface area contributed by atoms with Crippen molar-refractivity contribution in [3.63, 3.8) is 0 Å². The van der Waals surface area contributed by atoms with Crippen molar-refractivity contribution in [1.29, 1.82) is 0 Å². The number of rotatable bonds is 3. The topological polar surface area (TPSA) is 50.9 Å². The minimum absolute atomic E-state index is 0.130. The quantitative estimate of drug-likeness (QED) is 0.801. The Bertz CT molecular complexity index is 760. The van der Waals surface area contributed by atoms with Crippen molar-refractivity contribution in [2.75, 3.05) is 0 Å². The molecule has 1 N–H and O–H groups in total. The fraction of sp³-hybridized carbons (Fsp3) is 0.176. The van der Waals surface area contributed by atoms with Crippen molar-refractivity contribution in [1.82, 2.24) is 15.0 Å². The number of aliphatic hydroxyl groups excluding tert-OH is 1. The van der Waals surface area contributed by atoms with Gasteiger partial charge in [-0.15, -0.1) is 5.10 Å². The van der Waals surface area contributed by atoms with Crippen LogP contribution in [-0.2, 0) is 6.61 Å². The van der Waals surface area contributed by atoms with Gasteiger partial charge >= 0.3 is 0 Å². The van der Waals surface area contributed by atoms with Crippen LogP contribution in [0.4, 0.5) is 0 Å². The van der Waals surface area contributed by atoms with Crippen molar-refractivity contribution >= 4 is 0 Å². The molecular formula is C17H17N3O. The first-order chi connectivity index (χ1) is 10.2. The smallest absolute Gasteiger partial charge is 0.117 e. The van der Waals surface area contributed by atoms with Crippen molar-refractivity contribution in [2.24, 2.45) is 0 Å². The van der Waals surface area contributed by atoms with Crippen LogP contribution in [-0.4, -0.2) is 20.1 Å². The maximum absolute atomic E-state index is 9.53. The predicted octanol–water partition coefficient (Wildman–Crippen LogP) is 3.04. The highest BCUT2D eigenvalue weighted by Gasteiger charge is 2.15. The summed E-state index contributed by atoms with van der Waals surface area (Å²) in [4.78, 5) is 0. The molecule has 3 aromatic rings. The van der Waals surface area contributed by atoms with Gasteiger partial charge in [0.2, 0.25) is 0 Å². The Morgan fingerprint density at radius 2 is 1.76 bits per heavy atom. The first-order valence-corrected chi connectivity index (χ1v) is 6.88. The average Bonchev–Trinajstić information content (AvgIpc) is 2.92. The molecule has 0 aliphatic heterocycles. The normalized spacial score (nSPS) is 10.8. The van der Waals surface area contributed by atoms with Gasteiger partial charge in [0.05, 0.1) is 12.3 Å². The van der Waals surface area contributed by atoms with Gasteiger partial charge in [0, 0.05) is 5.56 Å². The summed E-state index contributed by atoms with van der Waals surface area (Å²) in [6, 6.07) is 16.2. The zero-order valence-corrected chi connectivity index (χ0v) is 12.1. The minimum Gasteiger partial charge on any atom is -0.390 e. The Balaban J connectivity index is 2.19. The van der Waals surface area contributed by atoms with Gasteiger partial charge < -0.3 is 5.11 Å². The first-order valence-electron chi connectivity index (χ1n) is 6.88. The zero-order valence-electron chi connectivity index (χ0n) is 12.1. The molecule has 1 heterocycles. The van der Waals surface area contributed by atoms with E-state index in [0.29, 0.717) is 5.69 Å². The lowest BCUT2D eigenvalue weighted by atomic mass is 10.1. The Kier molecular flexibility index (Phi) is 3.54. The number of aryl methyl sites for hydroxylation is 2. The molecular weight excluding hydrogens is 262 g/mol. The Morgan fingerprint density at radius 3 is 2.43 bits per heavy atom. The van der Waals surface area contributed by atoms with Gasteiger partial charge in [-0.2, -0.15) is 0 Å². The third-order valence-electron chi connectivity index (χ3n) is 3.46. The van der Waals surface area contributed by atoms with E-state index in [1.165, 1.54) is 5.56 Å². The molecule has 1 aromatic heterocycles. The molecule has 0 radical (unpaired) electrons. The molecule has 0 aliphatic carbocycles. The van der Waals surface area contributed by atoms with E-state index >= 15 is 0 Å². The molecule has 0 fully saturated rings. The molecule has 0 atom stereocenters. The van der Waals surface area contributed by atoms with Gasteiger partial charge in [-0.3, -0.25) is 0 Å². The van der Waals surface area contributed by atoms with Crippen LogP contribution >= 0.6 is 0 Å². The summed E-state index contributed by atoms with van der Waals surface area (Å²) in [6.07, 6.45) is 0. The highest BCUT2D eigenvalue weighted by atomic mass is 16.3. The fourth-order valence-corrected chi connectivity index (χ4v) is 2.36. The van der Waals surface area contributed by atoms with Crippen LogP contribution in [0.25, 0.3) is 16.9 Å². The molecule has 0 spiro atoms. The van der Waals surface area contributed by atoms with Gasteiger partial charge in [-0.1, -0.05) is 47.2 Å². The van der Waals surface area contributed by atoms with Gasteiger partial charge in [-0.05, 0) is 31.5 Å². The molecule has 0 saturated carbocycles. The second-order valence-corrected chi connectivity index (χ2v) is 5.16. The second kappa shape index (κ2) is 5.50. The summed E-state index contributed by atoms with van der Waals surface area (Å²) in [7, 11) is 0. The molecule has 0 saturated heterocycles. The first kappa shape index (κ1) is 13.5. The molecule has 0 bridgehead atoms. The van der Waals surface area contributed by atoms with Crippen LogP contribution in [0.5, 0.6) is 0 Å². The van der Waals surface area contributed by atoms with Gasteiger partial charge in [-0.25, -0.2) is 4.68 Å². The summed E-state index contributed by atoms with van der Waals surface area (Å²) in [6.45, 7) is 3.96. The molecule has 21 heavy (non-hydrogen) atoms. The number of aliphatic hydroxyl groups is 1. The zero-order chi connectivity index (χ0) is 14.8. The van der Waals surface area contributed by atoms with E-state index in [1.807, 2.05) is 62.4 Å². The summed E-state index contributed by atoms with van der Waals surface area (Å²) in [5.41, 5.74) is 5.71. The standard InChI is InChI=1S/C17H17N3O/c1-12-6-8-14(9-7-12)17-16(11-21)18-19-20(17)15-5-3-4-13(2)10-15/h3-10,21H,11H2,1-2H3. The van der Waals surface area contributed by atoms with E-state index in [9.17, 15) is 5.11 Å². The summed E-state index contributed by atoms with van der Waals surface area (Å²) >= 11 is 0. The highest BCUT2D eigenvalue weighted by molar-refractivity contribution is 5.64. The fourth-order valence-electron chi connectivity index (χ4n) is 2.36. The predicted molar refractivity (Wildman–Crippen MR) is 82.2 cm³/mol. The number of hydrogen-bond donors (Lipinski definition) is 1. The number of hydrogen-bond acceptors (Lipinski definition) is 3. The lowest BCUT2D eigenvalue weighted by molar-refractivity contribution is 0.277. The maximum atomic E-state index is 9.53. The van der Waals surface area contributed by atoms with Crippen LogP contribution in [0.3, 0.4) is 0 Å². The van der Waals surface area contributed by atoms with Crippen LogP contribution in [0.15, 0.2) is 48.5 Å². The number of nitrogens with zero attached hydrogens (tertiary/aromatic N) is 3. The van der Waals surface area contributed by atoms with E-state index in [2.05, 4.69) is 10.3 Å². The summed E-state index contributed by atoms with van der Waals surface area (Å²) < 4.78 is 1.78. The number of aromatic nitrogens is 3. The molecule has 0 amide bonds. The largest absolute Gasteiger partial charge is 0.390 e. The van der Waals surface area contributed by atoms with Crippen molar-refractivity contribution in [3.05, 3.63) is 65.4 Å². The van der Waals surface area contributed by atoms with E-state index in [-0.39, 0.29) is 6.61 Å². The summed E-state index contributed by atoms with van der Waals surface area (Å²) in [5.74, 6) is 0. The van der Waals surface area contributed by atoms with Crippen LogP contribution in [0.1, 0.15) is 16.8 Å². The van der Waals surface area contributed by atoms with Gasteiger partial charge in [0.15, 0.2) is 0 Å². The third kappa shape index (κ3) is 2.58. The van der Waals surface area contributed by atoms with E-state index in [0.717, 1.165) is 22.5 Å². The van der Waals surface area contributed by atoms with Crippen molar-refractivity contribution in [2.45, 2.75) is 20.5 Å².